The number of anilines is 3. The van der Waals surface area contributed by atoms with E-state index in [2.05, 4.69) is 53.4 Å². The second kappa shape index (κ2) is 9.26. The first-order chi connectivity index (χ1) is 13.5. The first kappa shape index (κ1) is 19.7. The van der Waals surface area contributed by atoms with Crippen molar-refractivity contribution < 1.29 is 4.79 Å². The molecule has 142 valence electrons. The monoisotopic (exact) mass is 438 g/mol. The summed E-state index contributed by atoms with van der Waals surface area (Å²) in [5.41, 5.74) is 1.55. The molecule has 28 heavy (non-hydrogen) atoms. The summed E-state index contributed by atoms with van der Waals surface area (Å²) < 4.78 is 0.957. The van der Waals surface area contributed by atoms with Gasteiger partial charge >= 0.3 is 5.91 Å². The molecular weight excluding hydrogens is 420 g/mol. The van der Waals surface area contributed by atoms with Crippen LogP contribution in [0.1, 0.15) is 6.42 Å². The van der Waals surface area contributed by atoms with Crippen LogP contribution in [0.4, 0.5) is 17.3 Å². The van der Waals surface area contributed by atoms with Crippen molar-refractivity contribution in [3.05, 3.63) is 47.3 Å². The first-order valence-electron chi connectivity index (χ1n) is 8.59. The van der Waals surface area contributed by atoms with E-state index >= 15 is 0 Å². The van der Waals surface area contributed by atoms with Crippen LogP contribution in [0.5, 0.6) is 0 Å². The number of hydrogen-bond acceptors (Lipinski definition) is 6. The molecule has 0 atom stereocenters. The zero-order valence-corrected chi connectivity index (χ0v) is 17.1. The van der Waals surface area contributed by atoms with Gasteiger partial charge in [-0.05, 0) is 44.3 Å². The zero-order valence-electron chi connectivity index (χ0n) is 15.5. The average Bonchev–Trinajstić information content (AvgIpc) is 2.66. The van der Waals surface area contributed by atoms with Crippen LogP contribution in [0.3, 0.4) is 0 Å². The molecule has 0 aliphatic carbocycles. The number of benzene rings is 1. The van der Waals surface area contributed by atoms with Crippen LogP contribution >= 0.6 is 15.9 Å². The standard InChI is InChI=1S/C20H19BrN6O/c1-27(2)9-4-3-8-19(28)26-18-11-16-17(12-22-18)23-13-24-20(16)25-15-7-5-6-14(21)10-15/h5-7,10-13H,4,9H2,1-2H3,(H,22,26,28)(H,23,24,25). The molecule has 7 nitrogen and oxygen atoms in total. The molecular formula is C20H19BrN6O. The largest absolute Gasteiger partial charge is 0.340 e. The van der Waals surface area contributed by atoms with Crippen LogP contribution in [-0.2, 0) is 4.79 Å². The highest BCUT2D eigenvalue weighted by atomic mass is 79.9. The molecule has 0 fully saturated rings. The lowest BCUT2D eigenvalue weighted by atomic mass is 10.2. The van der Waals surface area contributed by atoms with E-state index in [4.69, 9.17) is 0 Å². The third-order valence-corrected chi connectivity index (χ3v) is 4.23. The molecule has 0 saturated heterocycles. The summed E-state index contributed by atoms with van der Waals surface area (Å²) >= 11 is 3.45. The van der Waals surface area contributed by atoms with Crippen LogP contribution in [0.15, 0.2) is 47.3 Å². The first-order valence-corrected chi connectivity index (χ1v) is 9.38. The number of nitrogens with one attached hydrogen (secondary N) is 2. The van der Waals surface area contributed by atoms with Crippen molar-refractivity contribution in [3.63, 3.8) is 0 Å². The minimum atomic E-state index is -0.399. The van der Waals surface area contributed by atoms with Crippen LogP contribution in [0, 0.1) is 11.8 Å². The number of fused-ring (bicyclic) bond motifs is 1. The zero-order chi connectivity index (χ0) is 19.9. The van der Waals surface area contributed by atoms with Gasteiger partial charge in [0.15, 0.2) is 0 Å². The molecule has 0 saturated carbocycles. The van der Waals surface area contributed by atoms with Gasteiger partial charge < -0.3 is 10.2 Å². The molecule has 0 bridgehead atoms. The highest BCUT2D eigenvalue weighted by molar-refractivity contribution is 9.10. The Hall–Kier alpha value is -3.02. The molecule has 0 spiro atoms. The van der Waals surface area contributed by atoms with Crippen molar-refractivity contribution in [2.24, 2.45) is 0 Å². The summed E-state index contributed by atoms with van der Waals surface area (Å²) in [4.78, 5) is 26.8. The number of hydrogen-bond donors (Lipinski definition) is 2. The molecule has 8 heteroatoms. The molecule has 2 aromatic heterocycles. The number of aromatic nitrogens is 3. The van der Waals surface area contributed by atoms with E-state index < -0.39 is 5.91 Å². The molecule has 3 aromatic rings. The van der Waals surface area contributed by atoms with Crippen LogP contribution in [0.25, 0.3) is 10.9 Å². The normalized spacial score (nSPS) is 10.4. The lowest BCUT2D eigenvalue weighted by Gasteiger charge is -2.09. The highest BCUT2D eigenvalue weighted by Gasteiger charge is 2.08. The average molecular weight is 439 g/mol. The summed E-state index contributed by atoms with van der Waals surface area (Å²) in [5.74, 6) is 6.05. The number of carbonyl (C=O) groups is 1. The smallest absolute Gasteiger partial charge is 0.301 e. The van der Waals surface area contributed by atoms with E-state index in [1.165, 1.54) is 6.33 Å². The van der Waals surface area contributed by atoms with Gasteiger partial charge in [-0.1, -0.05) is 27.9 Å². The van der Waals surface area contributed by atoms with Crippen LogP contribution < -0.4 is 10.6 Å². The van der Waals surface area contributed by atoms with Crippen LogP contribution in [0.2, 0.25) is 0 Å². The van der Waals surface area contributed by atoms with Crippen molar-refractivity contribution in [1.29, 1.82) is 0 Å². The minimum Gasteiger partial charge on any atom is -0.340 e. The van der Waals surface area contributed by atoms with Gasteiger partial charge in [-0.15, -0.1) is 0 Å². The quantitative estimate of drug-likeness (QED) is 0.593. The topological polar surface area (TPSA) is 83.0 Å². The van der Waals surface area contributed by atoms with Crippen molar-refractivity contribution in [1.82, 2.24) is 19.9 Å². The maximum atomic E-state index is 12.0. The Kier molecular flexibility index (Phi) is 6.53. The Morgan fingerprint density at radius 3 is 2.86 bits per heavy atom. The van der Waals surface area contributed by atoms with E-state index in [9.17, 15) is 4.79 Å². The van der Waals surface area contributed by atoms with Gasteiger partial charge in [0.25, 0.3) is 0 Å². The Morgan fingerprint density at radius 1 is 1.21 bits per heavy atom. The van der Waals surface area contributed by atoms with Crippen molar-refractivity contribution in [3.8, 4) is 11.8 Å². The lowest BCUT2D eigenvalue weighted by Crippen LogP contribution is -2.13. The lowest BCUT2D eigenvalue weighted by molar-refractivity contribution is -0.111. The molecule has 2 heterocycles. The fourth-order valence-electron chi connectivity index (χ4n) is 2.40. The summed E-state index contributed by atoms with van der Waals surface area (Å²) in [6.45, 7) is 0.802. The number of amides is 1. The van der Waals surface area contributed by atoms with Gasteiger partial charge in [0, 0.05) is 28.5 Å². The Labute approximate surface area is 171 Å². The molecule has 0 unspecified atom stereocenters. The van der Waals surface area contributed by atoms with E-state index in [1.807, 2.05) is 43.3 Å². The maximum Gasteiger partial charge on any atom is 0.301 e. The van der Waals surface area contributed by atoms with Crippen molar-refractivity contribution >= 4 is 50.1 Å². The fourth-order valence-corrected chi connectivity index (χ4v) is 2.80. The van der Waals surface area contributed by atoms with Gasteiger partial charge in [-0.25, -0.2) is 15.0 Å². The van der Waals surface area contributed by atoms with Gasteiger partial charge in [0.05, 0.1) is 11.7 Å². The number of rotatable bonds is 5. The van der Waals surface area contributed by atoms with Gasteiger partial charge in [0.2, 0.25) is 0 Å². The van der Waals surface area contributed by atoms with E-state index in [0.29, 0.717) is 23.6 Å². The number of nitrogens with zero attached hydrogens (tertiary/aromatic N) is 4. The predicted octanol–water partition coefficient (Wildman–Crippen LogP) is 3.42. The van der Waals surface area contributed by atoms with Crippen molar-refractivity contribution in [2.75, 3.05) is 31.3 Å². The van der Waals surface area contributed by atoms with E-state index in [0.717, 1.165) is 22.1 Å². The molecule has 1 amide bonds. The summed E-state index contributed by atoms with van der Waals surface area (Å²) in [7, 11) is 3.92. The Morgan fingerprint density at radius 2 is 2.07 bits per heavy atom. The highest BCUT2D eigenvalue weighted by Crippen LogP contribution is 2.25. The molecule has 0 aliphatic rings. The predicted molar refractivity (Wildman–Crippen MR) is 114 cm³/mol. The minimum absolute atomic E-state index is 0.395. The van der Waals surface area contributed by atoms with Gasteiger partial charge in [0.1, 0.15) is 18.0 Å². The molecule has 2 N–H and O–H groups in total. The Balaban J connectivity index is 1.79. The number of pyridine rings is 1. The van der Waals surface area contributed by atoms with Crippen molar-refractivity contribution in [2.45, 2.75) is 6.42 Å². The second-order valence-electron chi connectivity index (χ2n) is 6.25. The fraction of sp³-hybridized carbons (Fsp3) is 0.200. The summed E-state index contributed by atoms with van der Waals surface area (Å²) in [6.07, 6.45) is 3.69. The summed E-state index contributed by atoms with van der Waals surface area (Å²) in [6, 6.07) is 9.49. The van der Waals surface area contributed by atoms with Gasteiger partial charge in [-0.3, -0.25) is 10.1 Å². The third kappa shape index (κ3) is 5.49. The number of halogens is 1. The molecule has 0 aliphatic heterocycles. The Bertz CT molecular complexity index is 1060. The van der Waals surface area contributed by atoms with Gasteiger partial charge in [-0.2, -0.15) is 0 Å². The molecule has 0 radical (unpaired) electrons. The summed E-state index contributed by atoms with van der Waals surface area (Å²) in [5, 5.41) is 6.70. The number of carbonyl (C=O) groups excluding carboxylic acids is 1. The third-order valence-electron chi connectivity index (χ3n) is 3.74. The molecule has 1 aromatic carbocycles. The second-order valence-corrected chi connectivity index (χ2v) is 7.17. The SMILES string of the molecule is CN(C)CCC#CC(=O)Nc1cc2c(Nc3cccc(Br)c3)ncnc2cn1. The maximum absolute atomic E-state index is 12.0. The van der Waals surface area contributed by atoms with Crippen LogP contribution in [-0.4, -0.2) is 46.4 Å². The van der Waals surface area contributed by atoms with E-state index in [-0.39, 0.29) is 0 Å². The van der Waals surface area contributed by atoms with E-state index in [1.54, 1.807) is 12.3 Å². The molecule has 3 rings (SSSR count).